The van der Waals surface area contributed by atoms with Crippen LogP contribution in [0.3, 0.4) is 0 Å². The fourth-order valence-electron chi connectivity index (χ4n) is 3.40. The molecule has 0 aromatic heterocycles. The van der Waals surface area contributed by atoms with Crippen molar-refractivity contribution in [3.63, 3.8) is 0 Å². The predicted molar refractivity (Wildman–Crippen MR) is 108 cm³/mol. The van der Waals surface area contributed by atoms with Gasteiger partial charge in [-0.2, -0.15) is 18.9 Å². The molecule has 1 aliphatic heterocycles. The number of carbonyl (C=O) groups is 2. The van der Waals surface area contributed by atoms with Crippen molar-refractivity contribution in [1.29, 1.82) is 0 Å². The van der Waals surface area contributed by atoms with Gasteiger partial charge < -0.3 is 9.84 Å². The number of Topliss-reactive ketones (excluding diaryl/α,β-unsaturated/α-hetero) is 1. The van der Waals surface area contributed by atoms with E-state index in [1.54, 1.807) is 0 Å². The van der Waals surface area contributed by atoms with E-state index in [-0.39, 0.29) is 34.7 Å². The maximum atomic E-state index is 13.7. The largest absolute Gasteiger partial charge is 0.435 e. The van der Waals surface area contributed by atoms with Crippen molar-refractivity contribution in [2.45, 2.75) is 39.4 Å². The first-order valence-corrected chi connectivity index (χ1v) is 9.59. The maximum absolute atomic E-state index is 13.7. The van der Waals surface area contributed by atoms with Crippen LogP contribution in [0.15, 0.2) is 47.6 Å². The highest BCUT2D eigenvalue weighted by Crippen LogP contribution is 2.31. The van der Waals surface area contributed by atoms with Gasteiger partial charge in [-0.25, -0.2) is 8.78 Å². The molecule has 2 aromatic carbocycles. The second-order valence-electron chi connectivity index (χ2n) is 7.37. The molecule has 0 aliphatic carbocycles. The standard InChI is InChI=1S/C22H20F4N2O4/c1-12-19(18(30)10-14-9-15(22(2,25)26)4-3-13(14)11-29)20(31)28(27-12)16-5-7-17(8-6-16)32-21(23)24/h3-9,19,21,29H,10-11H2,1-2H3. The number of ether oxygens (including phenoxy) is 1. The van der Waals surface area contributed by atoms with Crippen LogP contribution in [-0.2, 0) is 28.5 Å². The number of rotatable bonds is 8. The molecule has 1 heterocycles. The Balaban J connectivity index is 1.80. The van der Waals surface area contributed by atoms with Crippen LogP contribution >= 0.6 is 0 Å². The maximum Gasteiger partial charge on any atom is 0.387 e. The predicted octanol–water partition coefficient (Wildman–Crippen LogP) is 4.04. The highest BCUT2D eigenvalue weighted by Gasteiger charge is 2.39. The van der Waals surface area contributed by atoms with Crippen LogP contribution in [0.5, 0.6) is 5.75 Å². The van der Waals surface area contributed by atoms with E-state index in [9.17, 15) is 32.3 Å². The zero-order chi connectivity index (χ0) is 23.6. The third kappa shape index (κ3) is 4.96. The van der Waals surface area contributed by atoms with Crippen LogP contribution in [-0.4, -0.2) is 29.1 Å². The molecule has 0 saturated heterocycles. The molecule has 10 heteroatoms. The minimum atomic E-state index is -3.14. The molecular weight excluding hydrogens is 432 g/mol. The van der Waals surface area contributed by atoms with Gasteiger partial charge in [-0.1, -0.05) is 12.1 Å². The van der Waals surface area contributed by atoms with Gasteiger partial charge in [0.1, 0.15) is 11.7 Å². The van der Waals surface area contributed by atoms with Crippen molar-refractivity contribution in [3.05, 3.63) is 59.2 Å². The Morgan fingerprint density at radius 2 is 1.84 bits per heavy atom. The Hall–Kier alpha value is -3.27. The minimum absolute atomic E-state index is 0.104. The summed E-state index contributed by atoms with van der Waals surface area (Å²) >= 11 is 0. The topological polar surface area (TPSA) is 79.2 Å². The lowest BCUT2D eigenvalue weighted by Gasteiger charge is -2.16. The number of aliphatic hydroxyl groups excluding tert-OH is 1. The monoisotopic (exact) mass is 452 g/mol. The summed E-state index contributed by atoms with van der Waals surface area (Å²) in [6.07, 6.45) is -0.349. The summed E-state index contributed by atoms with van der Waals surface area (Å²) in [5.41, 5.74) is 0.640. The summed E-state index contributed by atoms with van der Waals surface area (Å²) in [7, 11) is 0. The second-order valence-corrected chi connectivity index (χ2v) is 7.37. The van der Waals surface area contributed by atoms with Crippen molar-refractivity contribution in [2.75, 3.05) is 5.01 Å². The summed E-state index contributed by atoms with van der Waals surface area (Å²) in [5, 5.41) is 14.6. The summed E-state index contributed by atoms with van der Waals surface area (Å²) in [6, 6.07) is 8.80. The van der Waals surface area contributed by atoms with Gasteiger partial charge in [0.15, 0.2) is 5.78 Å². The third-order valence-corrected chi connectivity index (χ3v) is 5.01. The summed E-state index contributed by atoms with van der Waals surface area (Å²) in [5.74, 6) is -5.69. The Kier molecular flexibility index (Phi) is 6.63. The molecule has 0 saturated carbocycles. The molecule has 2 aromatic rings. The number of hydrogen-bond donors (Lipinski definition) is 1. The van der Waals surface area contributed by atoms with Crippen LogP contribution in [0.25, 0.3) is 0 Å². The number of carbonyl (C=O) groups excluding carboxylic acids is 2. The Morgan fingerprint density at radius 1 is 1.19 bits per heavy atom. The number of nitrogens with zero attached hydrogens (tertiary/aromatic N) is 2. The lowest BCUT2D eigenvalue weighted by Crippen LogP contribution is -2.33. The van der Waals surface area contributed by atoms with E-state index in [1.165, 1.54) is 43.3 Å². The first-order valence-electron chi connectivity index (χ1n) is 9.59. The fraction of sp³-hybridized carbons (Fsp3) is 0.318. The first-order chi connectivity index (χ1) is 15.0. The highest BCUT2D eigenvalue weighted by atomic mass is 19.3. The van der Waals surface area contributed by atoms with E-state index < -0.39 is 36.7 Å². The number of amides is 1. The third-order valence-electron chi connectivity index (χ3n) is 5.01. The molecule has 170 valence electrons. The van der Waals surface area contributed by atoms with Gasteiger partial charge in [0.05, 0.1) is 18.0 Å². The SMILES string of the molecule is CC1=NN(c2ccc(OC(F)F)cc2)C(=O)C1C(=O)Cc1cc(C(C)(F)F)ccc1CO. The molecule has 1 atom stereocenters. The number of hydrogen-bond acceptors (Lipinski definition) is 5. The normalized spacial score (nSPS) is 16.5. The number of benzene rings is 2. The molecule has 1 aliphatic rings. The number of halogens is 4. The molecule has 32 heavy (non-hydrogen) atoms. The molecule has 3 rings (SSSR count). The van der Waals surface area contributed by atoms with Gasteiger partial charge in [0.25, 0.3) is 11.8 Å². The summed E-state index contributed by atoms with van der Waals surface area (Å²) in [4.78, 5) is 25.8. The van der Waals surface area contributed by atoms with Crippen molar-refractivity contribution in [3.8, 4) is 5.75 Å². The van der Waals surface area contributed by atoms with E-state index in [4.69, 9.17) is 0 Å². The second kappa shape index (κ2) is 9.07. The minimum Gasteiger partial charge on any atom is -0.435 e. The molecule has 1 unspecified atom stereocenters. The average Bonchev–Trinajstić information content (AvgIpc) is 3.01. The Morgan fingerprint density at radius 3 is 2.41 bits per heavy atom. The number of hydrazone groups is 1. The van der Waals surface area contributed by atoms with Crippen LogP contribution in [0, 0.1) is 5.92 Å². The average molecular weight is 452 g/mol. The zero-order valence-corrected chi connectivity index (χ0v) is 17.2. The highest BCUT2D eigenvalue weighted by molar-refractivity contribution is 6.27. The van der Waals surface area contributed by atoms with Gasteiger partial charge in [-0.3, -0.25) is 9.59 Å². The van der Waals surface area contributed by atoms with Crippen molar-refractivity contribution < 1.29 is 37.0 Å². The number of anilines is 1. The van der Waals surface area contributed by atoms with Crippen molar-refractivity contribution >= 4 is 23.1 Å². The van der Waals surface area contributed by atoms with Crippen LogP contribution in [0.1, 0.15) is 30.5 Å². The number of alkyl halides is 4. The van der Waals surface area contributed by atoms with Crippen LogP contribution < -0.4 is 9.75 Å². The van der Waals surface area contributed by atoms with Crippen molar-refractivity contribution in [1.82, 2.24) is 0 Å². The first kappa shape index (κ1) is 23.4. The molecule has 0 fully saturated rings. The van der Waals surface area contributed by atoms with Gasteiger partial charge in [0.2, 0.25) is 0 Å². The van der Waals surface area contributed by atoms with Crippen LogP contribution in [0.2, 0.25) is 0 Å². The van der Waals surface area contributed by atoms with Gasteiger partial charge in [0, 0.05) is 18.9 Å². The summed E-state index contributed by atoms with van der Waals surface area (Å²) in [6.45, 7) is -1.24. The molecule has 1 N–H and O–H groups in total. The lowest BCUT2D eigenvalue weighted by molar-refractivity contribution is -0.128. The van der Waals surface area contributed by atoms with E-state index in [2.05, 4.69) is 9.84 Å². The van der Waals surface area contributed by atoms with Gasteiger partial charge in [-0.15, -0.1) is 0 Å². The molecule has 6 nitrogen and oxygen atoms in total. The fourth-order valence-corrected chi connectivity index (χ4v) is 3.40. The van der Waals surface area contributed by atoms with E-state index in [0.29, 0.717) is 5.56 Å². The number of aliphatic hydroxyl groups is 1. The van der Waals surface area contributed by atoms with Crippen molar-refractivity contribution in [2.24, 2.45) is 11.0 Å². The Labute approximate surface area is 181 Å². The summed E-state index contributed by atoms with van der Waals surface area (Å²) < 4.78 is 56.2. The smallest absolute Gasteiger partial charge is 0.387 e. The molecule has 1 amide bonds. The van der Waals surface area contributed by atoms with Crippen LogP contribution in [0.4, 0.5) is 23.2 Å². The quantitative estimate of drug-likeness (QED) is 0.484. The molecule has 0 radical (unpaired) electrons. The Bertz CT molecular complexity index is 1050. The zero-order valence-electron chi connectivity index (χ0n) is 17.2. The van der Waals surface area contributed by atoms with Gasteiger partial charge in [-0.05, 0) is 48.4 Å². The molecule has 0 spiro atoms. The lowest BCUT2D eigenvalue weighted by atomic mass is 9.91. The van der Waals surface area contributed by atoms with Gasteiger partial charge >= 0.3 is 6.61 Å². The van der Waals surface area contributed by atoms with E-state index >= 15 is 0 Å². The number of ketones is 1. The molecule has 0 bridgehead atoms. The molecular formula is C22H20F4N2O4. The van der Waals surface area contributed by atoms with E-state index in [0.717, 1.165) is 18.0 Å². The van der Waals surface area contributed by atoms with E-state index in [1.807, 2.05) is 0 Å².